The summed E-state index contributed by atoms with van der Waals surface area (Å²) in [5.41, 5.74) is 0. The van der Waals surface area contributed by atoms with Gasteiger partial charge in [-0.1, -0.05) is 25.4 Å². The summed E-state index contributed by atoms with van der Waals surface area (Å²) in [6.45, 7) is 10.4. The van der Waals surface area contributed by atoms with E-state index in [-0.39, 0.29) is 11.8 Å². The highest BCUT2D eigenvalue weighted by molar-refractivity contribution is 6.30. The smallest absolute Gasteiger partial charge is 0.222 e. The van der Waals surface area contributed by atoms with Gasteiger partial charge in [0.15, 0.2) is 5.96 Å². The standard InChI is InChI=1S/C20H32ClN5O2/c1-16(2)19(27)23-8-9-24-20(22-3)26-12-10-25(11-13-26)14-15-28-18-6-4-17(21)5-7-18/h4-7,16H,8-15H2,1-3H3,(H,22,24)(H,23,27). The fourth-order valence-corrected chi connectivity index (χ4v) is 3.03. The van der Waals surface area contributed by atoms with Gasteiger partial charge in [-0.3, -0.25) is 14.7 Å². The van der Waals surface area contributed by atoms with Gasteiger partial charge in [-0.15, -0.1) is 0 Å². The third kappa shape index (κ3) is 7.56. The van der Waals surface area contributed by atoms with E-state index in [1.165, 1.54) is 0 Å². The Labute approximate surface area is 173 Å². The fourth-order valence-electron chi connectivity index (χ4n) is 2.90. The second-order valence-corrected chi connectivity index (χ2v) is 7.49. The molecule has 8 heteroatoms. The molecule has 156 valence electrons. The number of nitrogens with one attached hydrogen (secondary N) is 2. The lowest BCUT2D eigenvalue weighted by molar-refractivity contribution is -0.123. The quantitative estimate of drug-likeness (QED) is 0.388. The zero-order valence-electron chi connectivity index (χ0n) is 17.1. The number of guanidine groups is 1. The summed E-state index contributed by atoms with van der Waals surface area (Å²) in [4.78, 5) is 20.6. The molecule has 28 heavy (non-hydrogen) atoms. The van der Waals surface area contributed by atoms with Crippen molar-refractivity contribution >= 4 is 23.5 Å². The molecule has 1 fully saturated rings. The molecule has 0 bridgehead atoms. The summed E-state index contributed by atoms with van der Waals surface area (Å²) in [7, 11) is 1.79. The van der Waals surface area contributed by atoms with Gasteiger partial charge in [0.05, 0.1) is 0 Å². The first kappa shape index (κ1) is 22.3. The highest BCUT2D eigenvalue weighted by atomic mass is 35.5. The average Bonchev–Trinajstić information content (AvgIpc) is 2.70. The van der Waals surface area contributed by atoms with Crippen LogP contribution >= 0.6 is 11.6 Å². The molecular formula is C20H32ClN5O2. The van der Waals surface area contributed by atoms with E-state index in [9.17, 15) is 4.79 Å². The lowest BCUT2D eigenvalue weighted by Gasteiger charge is -2.36. The molecule has 7 nitrogen and oxygen atoms in total. The summed E-state index contributed by atoms with van der Waals surface area (Å²) >= 11 is 5.88. The van der Waals surface area contributed by atoms with Gasteiger partial charge in [0.1, 0.15) is 12.4 Å². The number of hydrogen-bond acceptors (Lipinski definition) is 4. The van der Waals surface area contributed by atoms with Gasteiger partial charge in [-0.2, -0.15) is 0 Å². The number of nitrogens with zero attached hydrogens (tertiary/aromatic N) is 3. The number of aliphatic imine (C=N–C) groups is 1. The largest absolute Gasteiger partial charge is 0.492 e. The van der Waals surface area contributed by atoms with Gasteiger partial charge in [-0.25, -0.2) is 0 Å². The second-order valence-electron chi connectivity index (χ2n) is 7.05. The number of amides is 1. The van der Waals surface area contributed by atoms with Crippen LogP contribution in [0.25, 0.3) is 0 Å². The maximum atomic E-state index is 11.6. The van der Waals surface area contributed by atoms with Crippen LogP contribution in [0.1, 0.15) is 13.8 Å². The number of piperazine rings is 1. The van der Waals surface area contributed by atoms with Crippen LogP contribution in [0.2, 0.25) is 5.02 Å². The van der Waals surface area contributed by atoms with Crippen LogP contribution in [0, 0.1) is 5.92 Å². The van der Waals surface area contributed by atoms with Crippen molar-refractivity contribution in [3.05, 3.63) is 29.3 Å². The Morgan fingerprint density at radius 1 is 1.14 bits per heavy atom. The van der Waals surface area contributed by atoms with E-state index in [0.717, 1.165) is 44.4 Å². The van der Waals surface area contributed by atoms with Crippen molar-refractivity contribution < 1.29 is 9.53 Å². The van der Waals surface area contributed by atoms with E-state index in [4.69, 9.17) is 16.3 Å². The molecule has 1 aliphatic rings. The molecule has 0 saturated carbocycles. The third-order valence-corrected chi connectivity index (χ3v) is 4.86. The minimum Gasteiger partial charge on any atom is -0.492 e. The number of hydrogen-bond donors (Lipinski definition) is 2. The molecule has 1 aromatic carbocycles. The van der Waals surface area contributed by atoms with Crippen LogP contribution in [0.3, 0.4) is 0 Å². The van der Waals surface area contributed by atoms with Gasteiger partial charge >= 0.3 is 0 Å². The topological polar surface area (TPSA) is 69.2 Å². The van der Waals surface area contributed by atoms with Gasteiger partial charge < -0.3 is 20.3 Å². The van der Waals surface area contributed by atoms with E-state index in [0.29, 0.717) is 24.7 Å². The zero-order chi connectivity index (χ0) is 20.4. The fraction of sp³-hybridized carbons (Fsp3) is 0.600. The summed E-state index contributed by atoms with van der Waals surface area (Å²) in [6, 6.07) is 7.45. The Morgan fingerprint density at radius 2 is 1.79 bits per heavy atom. The molecule has 0 radical (unpaired) electrons. The normalized spacial score (nSPS) is 15.6. The van der Waals surface area contributed by atoms with Gasteiger partial charge in [0.25, 0.3) is 0 Å². The van der Waals surface area contributed by atoms with Crippen LogP contribution in [0.15, 0.2) is 29.3 Å². The van der Waals surface area contributed by atoms with E-state index in [1.807, 2.05) is 38.1 Å². The van der Waals surface area contributed by atoms with E-state index in [1.54, 1.807) is 7.05 Å². The molecule has 1 saturated heterocycles. The maximum absolute atomic E-state index is 11.6. The molecule has 0 unspecified atom stereocenters. The van der Waals surface area contributed by atoms with Gasteiger partial charge in [-0.05, 0) is 24.3 Å². The van der Waals surface area contributed by atoms with Crippen LogP contribution in [0.4, 0.5) is 0 Å². The van der Waals surface area contributed by atoms with Crippen LogP contribution in [-0.4, -0.2) is 81.1 Å². The summed E-state index contributed by atoms with van der Waals surface area (Å²) < 4.78 is 5.78. The monoisotopic (exact) mass is 409 g/mol. The number of carbonyl (C=O) groups excluding carboxylic acids is 1. The first-order valence-corrected chi connectivity index (χ1v) is 10.2. The van der Waals surface area contributed by atoms with Crippen molar-refractivity contribution in [3.8, 4) is 5.75 Å². The summed E-state index contributed by atoms with van der Waals surface area (Å²) in [5, 5.41) is 6.95. The minimum absolute atomic E-state index is 0.0102. The first-order valence-electron chi connectivity index (χ1n) is 9.83. The molecular weight excluding hydrogens is 378 g/mol. The molecule has 2 N–H and O–H groups in total. The van der Waals surface area contributed by atoms with Gasteiger partial charge in [0.2, 0.25) is 5.91 Å². The Balaban J connectivity index is 1.63. The summed E-state index contributed by atoms with van der Waals surface area (Å²) in [5.74, 6) is 1.82. The van der Waals surface area contributed by atoms with Crippen molar-refractivity contribution in [1.29, 1.82) is 0 Å². The highest BCUT2D eigenvalue weighted by Gasteiger charge is 2.19. The van der Waals surface area contributed by atoms with Crippen LogP contribution < -0.4 is 15.4 Å². The second kappa shape index (κ2) is 11.8. The highest BCUT2D eigenvalue weighted by Crippen LogP contribution is 2.15. The molecule has 1 aliphatic heterocycles. The molecule has 0 aliphatic carbocycles. The third-order valence-electron chi connectivity index (χ3n) is 4.61. The van der Waals surface area contributed by atoms with Crippen molar-refractivity contribution in [2.45, 2.75) is 13.8 Å². The van der Waals surface area contributed by atoms with Crippen LogP contribution in [0.5, 0.6) is 5.75 Å². The Bertz CT molecular complexity index is 628. The molecule has 1 amide bonds. The van der Waals surface area contributed by atoms with Crippen molar-refractivity contribution in [2.75, 3.05) is 59.5 Å². The van der Waals surface area contributed by atoms with Crippen LogP contribution in [-0.2, 0) is 4.79 Å². The first-order chi connectivity index (χ1) is 13.5. The maximum Gasteiger partial charge on any atom is 0.222 e. The number of benzene rings is 1. The number of rotatable bonds is 8. The zero-order valence-corrected chi connectivity index (χ0v) is 17.8. The molecule has 1 aromatic rings. The lowest BCUT2D eigenvalue weighted by Crippen LogP contribution is -2.53. The van der Waals surface area contributed by atoms with E-state index in [2.05, 4.69) is 25.4 Å². The predicted molar refractivity (Wildman–Crippen MR) is 114 cm³/mol. The van der Waals surface area contributed by atoms with Gasteiger partial charge in [0, 0.05) is 63.8 Å². The predicted octanol–water partition coefficient (Wildman–Crippen LogP) is 1.68. The Morgan fingerprint density at radius 3 is 2.39 bits per heavy atom. The average molecular weight is 410 g/mol. The molecule has 0 atom stereocenters. The van der Waals surface area contributed by atoms with Crippen molar-refractivity contribution in [2.24, 2.45) is 10.9 Å². The van der Waals surface area contributed by atoms with E-state index < -0.39 is 0 Å². The molecule has 0 aromatic heterocycles. The van der Waals surface area contributed by atoms with Crippen molar-refractivity contribution in [1.82, 2.24) is 20.4 Å². The number of carbonyl (C=O) groups is 1. The lowest BCUT2D eigenvalue weighted by atomic mass is 10.2. The SMILES string of the molecule is CN=C(NCCNC(=O)C(C)C)N1CCN(CCOc2ccc(Cl)cc2)CC1. The van der Waals surface area contributed by atoms with E-state index >= 15 is 0 Å². The summed E-state index contributed by atoms with van der Waals surface area (Å²) in [6.07, 6.45) is 0. The minimum atomic E-state index is 0.0102. The molecule has 1 heterocycles. The van der Waals surface area contributed by atoms with Crippen molar-refractivity contribution in [3.63, 3.8) is 0 Å². The Kier molecular flexibility index (Phi) is 9.37. The molecule has 0 spiro atoms. The molecule has 2 rings (SSSR count). The number of halogens is 1. The Hall–Kier alpha value is -1.99. The number of ether oxygens (including phenoxy) is 1.